The molecule has 0 spiro atoms. The normalized spacial score (nSPS) is 14.6. The van der Waals surface area contributed by atoms with Gasteiger partial charge in [0.2, 0.25) is 0 Å². The van der Waals surface area contributed by atoms with Crippen molar-refractivity contribution in [2.24, 2.45) is 0 Å². The van der Waals surface area contributed by atoms with Crippen LogP contribution in [0.3, 0.4) is 0 Å². The van der Waals surface area contributed by atoms with Gasteiger partial charge in [-0.2, -0.15) is 5.10 Å². The molecular weight excluding hydrogens is 525 g/mol. The summed E-state index contributed by atoms with van der Waals surface area (Å²) in [7, 11) is 0. The third-order valence-electron chi connectivity index (χ3n) is 5.83. The van der Waals surface area contributed by atoms with E-state index in [1.165, 1.54) is 30.5 Å². The average molecular weight is 546 g/mol. The van der Waals surface area contributed by atoms with E-state index < -0.39 is 17.8 Å². The number of nitrogens with zero attached hydrogens (tertiary/aromatic N) is 2. The number of hydrogen-bond acceptors (Lipinski definition) is 4. The Kier molecular flexibility index (Phi) is 6.39. The van der Waals surface area contributed by atoms with E-state index in [2.05, 4.69) is 37.0 Å². The Morgan fingerprint density at radius 3 is 2.25 bits per heavy atom. The van der Waals surface area contributed by atoms with Gasteiger partial charge in [-0.25, -0.2) is 9.07 Å². The van der Waals surface area contributed by atoms with E-state index in [-0.39, 0.29) is 5.91 Å². The number of hydrogen-bond donors (Lipinski definition) is 3. The summed E-state index contributed by atoms with van der Waals surface area (Å²) >= 11 is 3.46. The zero-order valence-corrected chi connectivity index (χ0v) is 20.7. The molecule has 2 heterocycles. The molecule has 7 nitrogen and oxygen atoms in total. The van der Waals surface area contributed by atoms with Crippen molar-refractivity contribution in [3.8, 4) is 0 Å². The van der Waals surface area contributed by atoms with Gasteiger partial charge in [0.15, 0.2) is 0 Å². The Bertz CT molecular complexity index is 1460. The number of benzene rings is 3. The van der Waals surface area contributed by atoms with E-state index in [0.717, 1.165) is 10.0 Å². The molecule has 2 amide bonds. The van der Waals surface area contributed by atoms with Gasteiger partial charge in [-0.15, -0.1) is 0 Å². The smallest absolute Gasteiger partial charge is 0.261 e. The van der Waals surface area contributed by atoms with Crippen molar-refractivity contribution in [3.05, 3.63) is 118 Å². The number of carbonyl (C=O) groups excluding carboxylic acids is 2. The Morgan fingerprint density at radius 1 is 0.917 bits per heavy atom. The van der Waals surface area contributed by atoms with E-state index in [9.17, 15) is 14.0 Å². The highest BCUT2D eigenvalue weighted by atomic mass is 79.9. The standard InChI is InChI=1S/C27H21BrFN5O2/c1-16-23(27(36)33-20-5-3-2-4-6-20)24(17-7-9-18(28)10-8-17)34-25(31-16)22(15-30-34)26(35)32-21-13-11-19(29)12-14-21/h2-15,24,31H,1H3,(H,32,35)(H,33,36). The molecule has 0 aliphatic carbocycles. The van der Waals surface area contributed by atoms with E-state index >= 15 is 0 Å². The number of amides is 2. The third-order valence-corrected chi connectivity index (χ3v) is 6.36. The Hall–Kier alpha value is -4.24. The monoisotopic (exact) mass is 545 g/mol. The molecule has 1 aliphatic rings. The summed E-state index contributed by atoms with van der Waals surface area (Å²) in [4.78, 5) is 26.6. The van der Waals surface area contributed by atoms with Crippen molar-refractivity contribution in [1.82, 2.24) is 9.78 Å². The van der Waals surface area contributed by atoms with Gasteiger partial charge >= 0.3 is 0 Å². The first-order chi connectivity index (χ1) is 17.4. The molecule has 0 fully saturated rings. The zero-order valence-electron chi connectivity index (χ0n) is 19.1. The lowest BCUT2D eigenvalue weighted by molar-refractivity contribution is -0.113. The second kappa shape index (κ2) is 9.79. The lowest BCUT2D eigenvalue weighted by atomic mass is 9.94. The number of allylic oxidation sites excluding steroid dienone is 1. The van der Waals surface area contributed by atoms with Gasteiger partial charge in [-0.3, -0.25) is 9.59 Å². The Balaban J connectivity index is 1.53. The molecule has 3 aromatic carbocycles. The highest BCUT2D eigenvalue weighted by Crippen LogP contribution is 2.38. The van der Waals surface area contributed by atoms with Crippen LogP contribution in [0.4, 0.5) is 21.6 Å². The Morgan fingerprint density at radius 2 is 1.56 bits per heavy atom. The fraction of sp³-hybridized carbons (Fsp3) is 0.0741. The minimum atomic E-state index is -0.578. The first kappa shape index (κ1) is 23.5. The molecule has 4 aromatic rings. The van der Waals surface area contributed by atoms with Crippen LogP contribution in [0.25, 0.3) is 0 Å². The van der Waals surface area contributed by atoms with Crippen molar-refractivity contribution >= 4 is 44.9 Å². The van der Waals surface area contributed by atoms with Gasteiger partial charge in [-0.05, 0) is 61.0 Å². The summed E-state index contributed by atoms with van der Waals surface area (Å²) in [6, 6.07) is 21.7. The molecule has 0 saturated carbocycles. The number of fused-ring (bicyclic) bond motifs is 1. The van der Waals surface area contributed by atoms with Crippen molar-refractivity contribution < 1.29 is 14.0 Å². The molecular formula is C27H21BrFN5O2. The minimum Gasteiger partial charge on any atom is -0.343 e. The van der Waals surface area contributed by atoms with Crippen LogP contribution >= 0.6 is 15.9 Å². The summed E-state index contributed by atoms with van der Waals surface area (Å²) in [5.41, 5.74) is 3.32. The van der Waals surface area contributed by atoms with Gasteiger partial charge < -0.3 is 16.0 Å². The number of carbonyl (C=O) groups is 2. The molecule has 36 heavy (non-hydrogen) atoms. The summed E-state index contributed by atoms with van der Waals surface area (Å²) in [5.74, 6) is -0.624. The van der Waals surface area contributed by atoms with Crippen molar-refractivity contribution in [2.75, 3.05) is 16.0 Å². The van der Waals surface area contributed by atoms with Crippen LogP contribution in [-0.4, -0.2) is 21.6 Å². The molecule has 1 unspecified atom stereocenters. The first-order valence-corrected chi connectivity index (χ1v) is 11.9. The summed E-state index contributed by atoms with van der Waals surface area (Å²) < 4.78 is 15.8. The first-order valence-electron chi connectivity index (χ1n) is 11.1. The van der Waals surface area contributed by atoms with Crippen molar-refractivity contribution in [3.63, 3.8) is 0 Å². The van der Waals surface area contributed by atoms with Crippen LogP contribution in [0.1, 0.15) is 28.9 Å². The molecule has 9 heteroatoms. The molecule has 0 saturated heterocycles. The lowest BCUT2D eigenvalue weighted by Gasteiger charge is -2.30. The molecule has 1 atom stereocenters. The van der Waals surface area contributed by atoms with E-state index in [4.69, 9.17) is 0 Å². The summed E-state index contributed by atoms with van der Waals surface area (Å²) in [6.07, 6.45) is 1.46. The average Bonchev–Trinajstić information content (AvgIpc) is 3.29. The summed E-state index contributed by atoms with van der Waals surface area (Å²) in [6.45, 7) is 1.80. The predicted molar refractivity (Wildman–Crippen MR) is 140 cm³/mol. The van der Waals surface area contributed by atoms with Gasteiger partial charge in [0.05, 0.1) is 11.8 Å². The SMILES string of the molecule is CC1=C(C(=O)Nc2ccccc2)C(c2ccc(Br)cc2)n2ncc(C(=O)Nc3ccc(F)cc3)c2N1. The van der Waals surface area contributed by atoms with Crippen LogP contribution in [0.2, 0.25) is 0 Å². The van der Waals surface area contributed by atoms with E-state index in [1.807, 2.05) is 54.6 Å². The summed E-state index contributed by atoms with van der Waals surface area (Å²) in [5, 5.41) is 13.4. The molecule has 180 valence electrons. The third kappa shape index (κ3) is 4.65. The number of aromatic nitrogens is 2. The Labute approximate surface area is 215 Å². The number of nitrogens with one attached hydrogen (secondary N) is 3. The minimum absolute atomic E-state index is 0.280. The number of para-hydroxylation sites is 1. The fourth-order valence-corrected chi connectivity index (χ4v) is 4.38. The van der Waals surface area contributed by atoms with Gasteiger partial charge in [0.25, 0.3) is 11.8 Å². The highest BCUT2D eigenvalue weighted by Gasteiger charge is 2.35. The molecule has 1 aliphatic heterocycles. The van der Waals surface area contributed by atoms with Crippen LogP contribution < -0.4 is 16.0 Å². The molecule has 5 rings (SSSR count). The molecule has 3 N–H and O–H groups in total. The highest BCUT2D eigenvalue weighted by molar-refractivity contribution is 9.10. The van der Waals surface area contributed by atoms with Crippen molar-refractivity contribution in [2.45, 2.75) is 13.0 Å². The largest absolute Gasteiger partial charge is 0.343 e. The maximum Gasteiger partial charge on any atom is 0.261 e. The van der Waals surface area contributed by atoms with Crippen molar-refractivity contribution in [1.29, 1.82) is 0 Å². The van der Waals surface area contributed by atoms with Gasteiger partial charge in [0.1, 0.15) is 23.2 Å². The molecule has 1 aromatic heterocycles. The van der Waals surface area contributed by atoms with Crippen LogP contribution in [0, 0.1) is 5.82 Å². The second-order valence-corrected chi connectivity index (χ2v) is 9.17. The van der Waals surface area contributed by atoms with Crippen LogP contribution in [0.5, 0.6) is 0 Å². The second-order valence-electron chi connectivity index (χ2n) is 8.25. The lowest BCUT2D eigenvalue weighted by Crippen LogP contribution is -2.32. The van der Waals surface area contributed by atoms with Gasteiger partial charge in [-0.1, -0.05) is 46.3 Å². The molecule has 0 radical (unpaired) electrons. The predicted octanol–water partition coefficient (Wildman–Crippen LogP) is 5.96. The fourth-order valence-electron chi connectivity index (χ4n) is 4.12. The zero-order chi connectivity index (χ0) is 25.2. The quantitative estimate of drug-likeness (QED) is 0.288. The van der Waals surface area contributed by atoms with E-state index in [1.54, 1.807) is 11.6 Å². The topological polar surface area (TPSA) is 88.0 Å². The van der Waals surface area contributed by atoms with Crippen LogP contribution in [-0.2, 0) is 4.79 Å². The number of rotatable bonds is 5. The van der Waals surface area contributed by atoms with Gasteiger partial charge in [0, 0.05) is 21.5 Å². The maximum absolute atomic E-state index is 13.5. The maximum atomic E-state index is 13.5. The molecule has 0 bridgehead atoms. The van der Waals surface area contributed by atoms with Crippen LogP contribution in [0.15, 0.2) is 101 Å². The van der Waals surface area contributed by atoms with E-state index in [0.29, 0.717) is 34.0 Å². The number of anilines is 3. The number of halogens is 2.